The minimum atomic E-state index is -1.24. The van der Waals surface area contributed by atoms with Crippen LogP contribution in [0.5, 0.6) is 5.75 Å². The van der Waals surface area contributed by atoms with E-state index in [-0.39, 0.29) is 11.3 Å². The number of phenols is 1. The van der Waals surface area contributed by atoms with Crippen molar-refractivity contribution in [1.29, 1.82) is 0 Å². The van der Waals surface area contributed by atoms with Crippen LogP contribution in [0.3, 0.4) is 0 Å². The molecule has 5 heteroatoms. The Morgan fingerprint density at radius 1 is 1.50 bits per heavy atom. The molecule has 0 spiro atoms. The number of aliphatic hydroxyl groups excluding tert-OH is 1. The summed E-state index contributed by atoms with van der Waals surface area (Å²) in [5, 5.41) is 27.5. The lowest BCUT2D eigenvalue weighted by atomic mass is 10.1. The predicted octanol–water partition coefficient (Wildman–Crippen LogP) is 1.55. The maximum absolute atomic E-state index is 10.3. The van der Waals surface area contributed by atoms with Gasteiger partial charge in [-0.25, -0.2) is 0 Å². The zero-order chi connectivity index (χ0) is 10.7. The minimum absolute atomic E-state index is 0.125. The summed E-state index contributed by atoms with van der Waals surface area (Å²) < 4.78 is 0. The molecule has 1 atom stereocenters. The fourth-order valence-electron chi connectivity index (χ4n) is 1.07. The van der Waals surface area contributed by atoms with Gasteiger partial charge in [0.15, 0.2) is 0 Å². The molecule has 1 unspecified atom stereocenters. The van der Waals surface area contributed by atoms with Crippen molar-refractivity contribution < 1.29 is 20.1 Å². The smallest absolute Gasteiger partial charge is 0.306 e. The number of carboxylic acids is 1. The van der Waals surface area contributed by atoms with Gasteiger partial charge in [-0.1, -0.05) is 11.6 Å². The van der Waals surface area contributed by atoms with Crippen LogP contribution in [-0.2, 0) is 4.79 Å². The number of rotatable bonds is 3. The largest absolute Gasteiger partial charge is 0.508 e. The molecule has 4 nitrogen and oxygen atoms in total. The van der Waals surface area contributed by atoms with E-state index in [2.05, 4.69) is 0 Å². The molecule has 0 aromatic heterocycles. The van der Waals surface area contributed by atoms with E-state index in [1.54, 1.807) is 0 Å². The van der Waals surface area contributed by atoms with Gasteiger partial charge in [-0.2, -0.15) is 0 Å². The van der Waals surface area contributed by atoms with Gasteiger partial charge in [0.25, 0.3) is 0 Å². The summed E-state index contributed by atoms with van der Waals surface area (Å²) >= 11 is 5.63. The van der Waals surface area contributed by atoms with Crippen molar-refractivity contribution in [1.82, 2.24) is 0 Å². The van der Waals surface area contributed by atoms with E-state index >= 15 is 0 Å². The number of carboxylic acid groups (broad SMARTS) is 1. The van der Waals surface area contributed by atoms with Crippen LogP contribution in [0.15, 0.2) is 18.2 Å². The molecule has 0 heterocycles. The molecule has 1 rings (SSSR count). The van der Waals surface area contributed by atoms with Gasteiger partial charge in [0.2, 0.25) is 0 Å². The number of carbonyl (C=O) groups is 1. The average Bonchev–Trinajstić information content (AvgIpc) is 2.08. The van der Waals surface area contributed by atoms with Crippen LogP contribution in [0.25, 0.3) is 0 Å². The maximum atomic E-state index is 10.3. The Balaban J connectivity index is 2.93. The van der Waals surface area contributed by atoms with Crippen LogP contribution < -0.4 is 0 Å². The van der Waals surface area contributed by atoms with Gasteiger partial charge >= 0.3 is 5.97 Å². The van der Waals surface area contributed by atoms with E-state index in [0.29, 0.717) is 5.02 Å². The van der Waals surface area contributed by atoms with E-state index in [4.69, 9.17) is 16.7 Å². The fourth-order valence-corrected chi connectivity index (χ4v) is 1.25. The summed E-state index contributed by atoms with van der Waals surface area (Å²) in [5.74, 6) is -1.31. The predicted molar refractivity (Wildman–Crippen MR) is 50.3 cm³/mol. The Morgan fingerprint density at radius 2 is 2.14 bits per heavy atom. The molecule has 0 aliphatic heterocycles. The van der Waals surface area contributed by atoms with Crippen LogP contribution in [0, 0.1) is 0 Å². The first-order valence-corrected chi connectivity index (χ1v) is 4.26. The van der Waals surface area contributed by atoms with Crippen molar-refractivity contribution in [2.24, 2.45) is 0 Å². The molecule has 1 aromatic carbocycles. The summed E-state index contributed by atoms with van der Waals surface area (Å²) in [6, 6.07) is 4.10. The molecule has 0 bridgehead atoms. The van der Waals surface area contributed by atoms with Gasteiger partial charge in [-0.05, 0) is 18.2 Å². The van der Waals surface area contributed by atoms with Crippen molar-refractivity contribution >= 4 is 17.6 Å². The zero-order valence-electron chi connectivity index (χ0n) is 7.14. The van der Waals surface area contributed by atoms with Crippen LogP contribution in [0.1, 0.15) is 18.1 Å². The molecule has 0 amide bonds. The van der Waals surface area contributed by atoms with Crippen LogP contribution in [-0.4, -0.2) is 21.3 Å². The first kappa shape index (κ1) is 10.8. The first-order valence-electron chi connectivity index (χ1n) is 3.89. The number of hydrogen-bond donors (Lipinski definition) is 3. The summed E-state index contributed by atoms with van der Waals surface area (Å²) in [6.45, 7) is 0. The molecule has 0 aliphatic rings. The van der Waals surface area contributed by atoms with Gasteiger partial charge in [-0.3, -0.25) is 4.79 Å². The van der Waals surface area contributed by atoms with Gasteiger partial charge in [0.1, 0.15) is 5.75 Å². The van der Waals surface area contributed by atoms with Crippen LogP contribution in [0.4, 0.5) is 0 Å². The van der Waals surface area contributed by atoms with Crippen molar-refractivity contribution in [2.45, 2.75) is 12.5 Å². The summed E-state index contributed by atoms with van der Waals surface area (Å²) in [7, 11) is 0. The molecule has 0 saturated heterocycles. The Labute approximate surface area is 85.4 Å². The quantitative estimate of drug-likeness (QED) is 0.717. The molecule has 0 fully saturated rings. The number of hydrogen-bond acceptors (Lipinski definition) is 3. The van der Waals surface area contributed by atoms with E-state index < -0.39 is 18.5 Å². The molecule has 0 radical (unpaired) electrons. The van der Waals surface area contributed by atoms with Crippen molar-refractivity contribution in [3.05, 3.63) is 28.8 Å². The highest BCUT2D eigenvalue weighted by Gasteiger charge is 2.15. The summed E-state index contributed by atoms with van der Waals surface area (Å²) in [4.78, 5) is 10.3. The lowest BCUT2D eigenvalue weighted by molar-refractivity contribution is -0.139. The Morgan fingerprint density at radius 3 is 2.71 bits per heavy atom. The monoisotopic (exact) mass is 216 g/mol. The SMILES string of the molecule is O=C(O)CC(O)c1cc(Cl)ccc1O. The Bertz CT molecular complexity index is 351. The molecule has 14 heavy (non-hydrogen) atoms. The van der Waals surface area contributed by atoms with E-state index in [1.807, 2.05) is 0 Å². The van der Waals surface area contributed by atoms with Crippen LogP contribution in [0.2, 0.25) is 5.02 Å². The third kappa shape index (κ3) is 2.61. The summed E-state index contributed by atoms with van der Waals surface area (Å²) in [5.41, 5.74) is 0.125. The lowest BCUT2D eigenvalue weighted by Crippen LogP contribution is -2.05. The zero-order valence-corrected chi connectivity index (χ0v) is 7.90. The second kappa shape index (κ2) is 4.30. The molecule has 1 aromatic rings. The van der Waals surface area contributed by atoms with Gasteiger partial charge < -0.3 is 15.3 Å². The average molecular weight is 217 g/mol. The highest BCUT2D eigenvalue weighted by Crippen LogP contribution is 2.28. The van der Waals surface area contributed by atoms with E-state index in [0.717, 1.165) is 0 Å². The molecule has 0 aliphatic carbocycles. The minimum Gasteiger partial charge on any atom is -0.508 e. The Hall–Kier alpha value is -1.26. The third-order valence-electron chi connectivity index (χ3n) is 1.72. The topological polar surface area (TPSA) is 77.8 Å². The molecular formula is C9H9ClO4. The van der Waals surface area contributed by atoms with Gasteiger partial charge in [-0.15, -0.1) is 0 Å². The second-order valence-corrected chi connectivity index (χ2v) is 3.25. The molecule has 76 valence electrons. The summed E-state index contributed by atoms with van der Waals surface area (Å²) in [6.07, 6.45) is -1.71. The standard InChI is InChI=1S/C9H9ClO4/c10-5-1-2-7(11)6(3-5)8(12)4-9(13)14/h1-3,8,11-12H,4H2,(H,13,14). The number of aliphatic hydroxyl groups is 1. The number of phenolic OH excluding ortho intramolecular Hbond substituents is 1. The van der Waals surface area contributed by atoms with Crippen molar-refractivity contribution in [2.75, 3.05) is 0 Å². The highest BCUT2D eigenvalue weighted by molar-refractivity contribution is 6.30. The van der Waals surface area contributed by atoms with E-state index in [9.17, 15) is 15.0 Å². The van der Waals surface area contributed by atoms with E-state index in [1.165, 1.54) is 18.2 Å². The molecular weight excluding hydrogens is 208 g/mol. The molecule has 0 saturated carbocycles. The first-order chi connectivity index (χ1) is 6.50. The number of halogens is 1. The number of aromatic hydroxyl groups is 1. The van der Waals surface area contributed by atoms with Crippen molar-refractivity contribution in [3.63, 3.8) is 0 Å². The Kier molecular flexibility index (Phi) is 3.33. The number of benzene rings is 1. The van der Waals surface area contributed by atoms with Gasteiger partial charge in [0, 0.05) is 10.6 Å². The maximum Gasteiger partial charge on any atom is 0.306 e. The normalized spacial score (nSPS) is 12.4. The van der Waals surface area contributed by atoms with Crippen molar-refractivity contribution in [3.8, 4) is 5.75 Å². The lowest BCUT2D eigenvalue weighted by Gasteiger charge is -2.10. The fraction of sp³-hybridized carbons (Fsp3) is 0.222. The number of aliphatic carboxylic acids is 1. The van der Waals surface area contributed by atoms with Crippen LogP contribution >= 0.6 is 11.6 Å². The van der Waals surface area contributed by atoms with Gasteiger partial charge in [0.05, 0.1) is 12.5 Å². The molecule has 3 N–H and O–H groups in total. The highest BCUT2D eigenvalue weighted by atomic mass is 35.5. The third-order valence-corrected chi connectivity index (χ3v) is 1.95. The second-order valence-electron chi connectivity index (χ2n) is 2.82.